The monoisotopic (exact) mass is 365 g/mol. The molecule has 1 aromatic heterocycles. The molecule has 0 bridgehead atoms. The van der Waals surface area contributed by atoms with Crippen LogP contribution in [0.2, 0.25) is 0 Å². The molecule has 3 aromatic rings. The standard InChI is InChI=1S/C20H19N3O4/c24-19(14-22-20(25)21-13-16-9-6-12-26-16)23-17-10-4-5-11-18(17)27-15-7-2-1-3-8-15/h1-12H,13-14H2,(H,23,24)(H2,21,22,25). The molecule has 3 N–H and O–H groups in total. The van der Waals surface area contributed by atoms with Crippen LogP contribution < -0.4 is 20.7 Å². The van der Waals surface area contributed by atoms with Gasteiger partial charge in [0.25, 0.3) is 0 Å². The van der Waals surface area contributed by atoms with Crippen molar-refractivity contribution in [3.63, 3.8) is 0 Å². The topological polar surface area (TPSA) is 92.6 Å². The Morgan fingerprint density at radius 2 is 1.67 bits per heavy atom. The van der Waals surface area contributed by atoms with E-state index in [9.17, 15) is 9.59 Å². The number of amides is 3. The molecule has 3 amide bonds. The highest BCUT2D eigenvalue weighted by molar-refractivity contribution is 5.95. The molecule has 0 radical (unpaired) electrons. The molecule has 0 saturated carbocycles. The van der Waals surface area contributed by atoms with Gasteiger partial charge in [0.15, 0.2) is 5.75 Å². The van der Waals surface area contributed by atoms with Crippen molar-refractivity contribution in [2.24, 2.45) is 0 Å². The van der Waals surface area contributed by atoms with E-state index < -0.39 is 6.03 Å². The SMILES string of the molecule is O=C(CNC(=O)NCc1ccco1)Nc1ccccc1Oc1ccccc1. The number of carbonyl (C=O) groups is 2. The van der Waals surface area contributed by atoms with Crippen LogP contribution in [0.1, 0.15) is 5.76 Å². The molecule has 3 rings (SSSR count). The summed E-state index contributed by atoms with van der Waals surface area (Å²) in [6.07, 6.45) is 1.53. The Kier molecular flexibility index (Phi) is 6.08. The summed E-state index contributed by atoms with van der Waals surface area (Å²) >= 11 is 0. The van der Waals surface area contributed by atoms with Gasteiger partial charge in [-0.05, 0) is 36.4 Å². The highest BCUT2D eigenvalue weighted by Gasteiger charge is 2.10. The van der Waals surface area contributed by atoms with Crippen LogP contribution in [0.5, 0.6) is 11.5 Å². The largest absolute Gasteiger partial charge is 0.467 e. The van der Waals surface area contributed by atoms with E-state index in [-0.39, 0.29) is 19.0 Å². The van der Waals surface area contributed by atoms with Crippen LogP contribution in [0.25, 0.3) is 0 Å². The van der Waals surface area contributed by atoms with E-state index in [0.29, 0.717) is 22.9 Å². The zero-order valence-electron chi connectivity index (χ0n) is 14.5. The molecule has 1 heterocycles. The predicted molar refractivity (Wildman–Crippen MR) is 101 cm³/mol. The number of hydrogen-bond acceptors (Lipinski definition) is 4. The maximum absolute atomic E-state index is 12.1. The summed E-state index contributed by atoms with van der Waals surface area (Å²) in [6, 6.07) is 19.4. The number of furan rings is 1. The van der Waals surface area contributed by atoms with Crippen LogP contribution >= 0.6 is 0 Å². The Morgan fingerprint density at radius 3 is 2.44 bits per heavy atom. The Morgan fingerprint density at radius 1 is 0.889 bits per heavy atom. The number of anilines is 1. The average Bonchev–Trinajstić information content (AvgIpc) is 3.21. The number of nitrogens with one attached hydrogen (secondary N) is 3. The minimum atomic E-state index is -0.463. The maximum Gasteiger partial charge on any atom is 0.315 e. The highest BCUT2D eigenvalue weighted by Crippen LogP contribution is 2.28. The maximum atomic E-state index is 12.1. The van der Waals surface area contributed by atoms with E-state index in [0.717, 1.165) is 0 Å². The van der Waals surface area contributed by atoms with Crippen LogP contribution in [-0.4, -0.2) is 18.5 Å². The first kappa shape index (κ1) is 18.1. The van der Waals surface area contributed by atoms with Crippen LogP contribution in [-0.2, 0) is 11.3 Å². The fourth-order valence-electron chi connectivity index (χ4n) is 2.27. The van der Waals surface area contributed by atoms with Crippen molar-refractivity contribution in [1.29, 1.82) is 0 Å². The number of benzene rings is 2. The fourth-order valence-corrected chi connectivity index (χ4v) is 2.27. The Hall–Kier alpha value is -3.74. The van der Waals surface area contributed by atoms with E-state index in [4.69, 9.17) is 9.15 Å². The molecule has 0 saturated heterocycles. The lowest BCUT2D eigenvalue weighted by Gasteiger charge is -2.12. The van der Waals surface area contributed by atoms with Crippen molar-refractivity contribution in [1.82, 2.24) is 10.6 Å². The van der Waals surface area contributed by atoms with Gasteiger partial charge in [-0.1, -0.05) is 30.3 Å². The zero-order valence-corrected chi connectivity index (χ0v) is 14.5. The second-order valence-corrected chi connectivity index (χ2v) is 5.58. The van der Waals surface area contributed by atoms with E-state index in [1.807, 2.05) is 36.4 Å². The second-order valence-electron chi connectivity index (χ2n) is 5.58. The molecule has 7 nitrogen and oxygen atoms in total. The molecule has 0 aliphatic heterocycles. The minimum Gasteiger partial charge on any atom is -0.467 e. The molecular weight excluding hydrogens is 346 g/mol. The van der Waals surface area contributed by atoms with Crippen molar-refractivity contribution in [3.05, 3.63) is 78.8 Å². The summed E-state index contributed by atoms with van der Waals surface area (Å²) in [5, 5.41) is 7.82. The molecule has 0 aliphatic carbocycles. The molecule has 2 aromatic carbocycles. The summed E-state index contributed by atoms with van der Waals surface area (Å²) in [4.78, 5) is 23.9. The summed E-state index contributed by atoms with van der Waals surface area (Å²) in [5.74, 6) is 1.43. The molecule has 27 heavy (non-hydrogen) atoms. The first-order valence-corrected chi connectivity index (χ1v) is 8.36. The van der Waals surface area contributed by atoms with Crippen molar-refractivity contribution < 1.29 is 18.7 Å². The van der Waals surface area contributed by atoms with Gasteiger partial charge < -0.3 is 25.1 Å². The number of ether oxygens (including phenoxy) is 1. The third-order valence-corrected chi connectivity index (χ3v) is 3.54. The molecular formula is C20H19N3O4. The highest BCUT2D eigenvalue weighted by atomic mass is 16.5. The van der Waals surface area contributed by atoms with E-state index >= 15 is 0 Å². The van der Waals surface area contributed by atoms with Gasteiger partial charge in [0.05, 0.1) is 25.0 Å². The number of rotatable bonds is 7. The zero-order chi connectivity index (χ0) is 18.9. The van der Waals surface area contributed by atoms with Crippen LogP contribution in [0.4, 0.5) is 10.5 Å². The molecule has 0 unspecified atom stereocenters. The van der Waals surface area contributed by atoms with Crippen molar-refractivity contribution in [2.75, 3.05) is 11.9 Å². The molecule has 0 atom stereocenters. The van der Waals surface area contributed by atoms with Gasteiger partial charge in [-0.3, -0.25) is 4.79 Å². The first-order chi connectivity index (χ1) is 13.2. The second kappa shape index (κ2) is 9.10. The van der Waals surface area contributed by atoms with Gasteiger partial charge in [0.2, 0.25) is 5.91 Å². The van der Waals surface area contributed by atoms with E-state index in [1.165, 1.54) is 6.26 Å². The smallest absolute Gasteiger partial charge is 0.315 e. The van der Waals surface area contributed by atoms with Crippen LogP contribution in [0, 0.1) is 0 Å². The third kappa shape index (κ3) is 5.64. The molecule has 0 fully saturated rings. The Labute approximate surface area is 156 Å². The molecule has 138 valence electrons. The van der Waals surface area contributed by atoms with Gasteiger partial charge >= 0.3 is 6.03 Å². The lowest BCUT2D eigenvalue weighted by Crippen LogP contribution is -2.39. The van der Waals surface area contributed by atoms with Gasteiger partial charge in [-0.15, -0.1) is 0 Å². The van der Waals surface area contributed by atoms with Crippen molar-refractivity contribution >= 4 is 17.6 Å². The minimum absolute atomic E-state index is 0.177. The summed E-state index contributed by atoms with van der Waals surface area (Å²) < 4.78 is 10.9. The molecule has 7 heteroatoms. The Bertz CT molecular complexity index is 879. The number of urea groups is 1. The van der Waals surface area contributed by atoms with Gasteiger partial charge in [-0.2, -0.15) is 0 Å². The third-order valence-electron chi connectivity index (χ3n) is 3.54. The predicted octanol–water partition coefficient (Wildman–Crippen LogP) is 3.51. The Balaban J connectivity index is 1.49. The van der Waals surface area contributed by atoms with E-state index in [2.05, 4.69) is 16.0 Å². The quantitative estimate of drug-likeness (QED) is 0.597. The number of hydrogen-bond donors (Lipinski definition) is 3. The van der Waals surface area contributed by atoms with Gasteiger partial charge in [-0.25, -0.2) is 4.79 Å². The fraction of sp³-hybridized carbons (Fsp3) is 0.100. The average molecular weight is 365 g/mol. The summed E-state index contributed by atoms with van der Waals surface area (Å²) in [7, 11) is 0. The van der Waals surface area contributed by atoms with Crippen LogP contribution in [0.15, 0.2) is 77.4 Å². The summed E-state index contributed by atoms with van der Waals surface area (Å²) in [5.41, 5.74) is 0.518. The van der Waals surface area contributed by atoms with Crippen LogP contribution in [0.3, 0.4) is 0 Å². The lowest BCUT2D eigenvalue weighted by molar-refractivity contribution is -0.115. The normalized spacial score (nSPS) is 10.1. The van der Waals surface area contributed by atoms with E-state index in [1.54, 1.807) is 30.3 Å². The lowest BCUT2D eigenvalue weighted by atomic mass is 10.3. The first-order valence-electron chi connectivity index (χ1n) is 8.36. The van der Waals surface area contributed by atoms with Gasteiger partial charge in [0.1, 0.15) is 11.5 Å². The van der Waals surface area contributed by atoms with Crippen molar-refractivity contribution in [2.45, 2.75) is 6.54 Å². The molecule has 0 spiro atoms. The van der Waals surface area contributed by atoms with Crippen molar-refractivity contribution in [3.8, 4) is 11.5 Å². The number of carbonyl (C=O) groups excluding carboxylic acids is 2. The van der Waals surface area contributed by atoms with Gasteiger partial charge in [0, 0.05) is 0 Å². The summed E-state index contributed by atoms with van der Waals surface area (Å²) in [6.45, 7) is 0.0673. The number of para-hydroxylation sites is 3. The molecule has 0 aliphatic rings.